The maximum absolute atomic E-state index is 14.4. The molecule has 0 bridgehead atoms. The number of benzene rings is 3. The zero-order valence-corrected chi connectivity index (χ0v) is 13.2. The highest BCUT2D eigenvalue weighted by atomic mass is 19.1. The molecule has 0 unspecified atom stereocenters. The highest BCUT2D eigenvalue weighted by Gasteiger charge is 2.27. The molecule has 3 aromatic carbocycles. The van der Waals surface area contributed by atoms with E-state index in [1.807, 2.05) is 30.3 Å². The van der Waals surface area contributed by atoms with Crippen LogP contribution in [0.5, 0.6) is 11.5 Å². The molecule has 1 aliphatic rings. The molecule has 5 nitrogen and oxygen atoms in total. The predicted molar refractivity (Wildman–Crippen MR) is 94.0 cm³/mol. The smallest absolute Gasteiger partial charge is 0.341 e. The number of halogens is 1. The van der Waals surface area contributed by atoms with Gasteiger partial charge in [0.25, 0.3) is 0 Å². The van der Waals surface area contributed by atoms with Crippen LogP contribution in [-0.4, -0.2) is 15.6 Å². The fourth-order valence-electron chi connectivity index (χ4n) is 3.47. The monoisotopic (exact) mass is 347 g/mol. The first-order chi connectivity index (χ1) is 12.6. The lowest BCUT2D eigenvalue weighted by molar-refractivity contribution is 0.0695. The van der Waals surface area contributed by atoms with Gasteiger partial charge >= 0.3 is 5.97 Å². The van der Waals surface area contributed by atoms with Crippen molar-refractivity contribution in [3.63, 3.8) is 0 Å². The number of carboxylic acid groups (broad SMARTS) is 1. The number of pyridine rings is 1. The van der Waals surface area contributed by atoms with Gasteiger partial charge in [0, 0.05) is 11.6 Å². The van der Waals surface area contributed by atoms with Crippen LogP contribution >= 0.6 is 0 Å². The normalized spacial score (nSPS) is 12.0. The first kappa shape index (κ1) is 14.7. The zero-order valence-electron chi connectivity index (χ0n) is 13.2. The van der Waals surface area contributed by atoms with Crippen LogP contribution in [0.3, 0.4) is 0 Å². The van der Waals surface area contributed by atoms with Crippen LogP contribution in [-0.2, 0) is 0 Å². The quantitative estimate of drug-likeness (QED) is 0.496. The van der Waals surface area contributed by atoms with Gasteiger partial charge in [-0.05, 0) is 23.6 Å². The van der Waals surface area contributed by atoms with Crippen LogP contribution in [0.1, 0.15) is 10.4 Å². The van der Waals surface area contributed by atoms with Crippen molar-refractivity contribution in [1.29, 1.82) is 0 Å². The van der Waals surface area contributed by atoms with Gasteiger partial charge in [0.05, 0.1) is 11.1 Å². The summed E-state index contributed by atoms with van der Waals surface area (Å²) < 4.78 is 21.7. The number of carboxylic acids is 1. The maximum Gasteiger partial charge on any atom is 0.341 e. The average molecular weight is 347 g/mol. The van der Waals surface area contributed by atoms with Gasteiger partial charge in [-0.25, -0.2) is 9.18 Å². The number of carbonyl (C=O) groups is 1. The molecule has 0 atom stereocenters. The number of rotatable bonds is 1. The molecule has 4 aromatic rings. The molecule has 0 saturated carbocycles. The van der Waals surface area contributed by atoms with Gasteiger partial charge in [-0.15, -0.1) is 0 Å². The highest BCUT2D eigenvalue weighted by Crippen LogP contribution is 2.43. The van der Waals surface area contributed by atoms with E-state index in [2.05, 4.69) is 0 Å². The Labute approximate surface area is 145 Å². The number of hydrogen-bond donors (Lipinski definition) is 1. The summed E-state index contributed by atoms with van der Waals surface area (Å²) >= 11 is 0. The molecule has 26 heavy (non-hydrogen) atoms. The Morgan fingerprint density at radius 3 is 2.65 bits per heavy atom. The van der Waals surface area contributed by atoms with E-state index in [0.717, 1.165) is 16.8 Å². The minimum atomic E-state index is -1.33. The van der Waals surface area contributed by atoms with E-state index in [0.29, 0.717) is 11.4 Å². The second kappa shape index (κ2) is 4.92. The largest absolute Gasteiger partial charge is 0.477 e. The minimum absolute atomic E-state index is 0.0840. The van der Waals surface area contributed by atoms with Crippen molar-refractivity contribution >= 4 is 27.6 Å². The van der Waals surface area contributed by atoms with Gasteiger partial charge in [-0.2, -0.15) is 0 Å². The van der Waals surface area contributed by atoms with Crippen molar-refractivity contribution in [2.24, 2.45) is 0 Å². The highest BCUT2D eigenvalue weighted by molar-refractivity contribution is 6.00. The summed E-state index contributed by atoms with van der Waals surface area (Å²) in [5.74, 6) is -1.64. The van der Waals surface area contributed by atoms with Crippen LogP contribution < -0.4 is 10.2 Å². The minimum Gasteiger partial charge on any atom is -0.477 e. The number of fused-ring (bicyclic) bond motifs is 4. The molecule has 0 aliphatic carbocycles. The van der Waals surface area contributed by atoms with Crippen molar-refractivity contribution in [2.45, 2.75) is 0 Å². The van der Waals surface area contributed by atoms with E-state index in [-0.39, 0.29) is 22.2 Å². The molecule has 2 heterocycles. The van der Waals surface area contributed by atoms with Gasteiger partial charge in [-0.1, -0.05) is 30.3 Å². The predicted octanol–water partition coefficient (Wildman–Crippen LogP) is 4.09. The Morgan fingerprint density at radius 2 is 1.85 bits per heavy atom. The fraction of sp³-hybridized carbons (Fsp3) is 0. The first-order valence-corrected chi connectivity index (χ1v) is 7.87. The second-order valence-electron chi connectivity index (χ2n) is 6.06. The molecule has 126 valence electrons. The Bertz CT molecular complexity index is 1320. The lowest BCUT2D eigenvalue weighted by Gasteiger charge is -2.25. The van der Waals surface area contributed by atoms with E-state index in [4.69, 9.17) is 4.74 Å². The summed E-state index contributed by atoms with van der Waals surface area (Å²) in [4.78, 5) is 24.1. The number of aromatic carboxylic acids is 1. The molecule has 1 aliphatic heterocycles. The lowest BCUT2D eigenvalue weighted by Crippen LogP contribution is -2.20. The summed E-state index contributed by atoms with van der Waals surface area (Å²) in [6.07, 6.45) is 1.24. The van der Waals surface area contributed by atoms with E-state index < -0.39 is 17.2 Å². The average Bonchev–Trinajstić information content (AvgIpc) is 2.65. The van der Waals surface area contributed by atoms with Crippen molar-refractivity contribution in [3.05, 3.63) is 76.3 Å². The number of ether oxygens (including phenoxy) is 1. The summed E-state index contributed by atoms with van der Waals surface area (Å²) in [6.45, 7) is 0. The molecular weight excluding hydrogens is 337 g/mol. The second-order valence-corrected chi connectivity index (χ2v) is 6.06. The maximum atomic E-state index is 14.4. The lowest BCUT2D eigenvalue weighted by atomic mass is 10.0. The molecule has 0 amide bonds. The molecule has 0 spiro atoms. The standard InChI is InChI=1S/C20H10FNO4/c21-14-7-6-12-17-19(14)26-15-8-5-10-3-1-2-4-11(10)16(15)22(17)9-13(18(12)23)20(24)25/h1-9H,(H,24,25). The molecule has 1 aromatic heterocycles. The fourth-order valence-corrected chi connectivity index (χ4v) is 3.47. The van der Waals surface area contributed by atoms with Crippen molar-refractivity contribution in [1.82, 2.24) is 4.57 Å². The third-order valence-electron chi connectivity index (χ3n) is 4.62. The van der Waals surface area contributed by atoms with Crippen molar-refractivity contribution < 1.29 is 19.0 Å². The SMILES string of the molecule is O=C(O)c1cn2c3c(c(F)ccc3c1=O)Oc1ccc3ccccc3c1-2. The van der Waals surface area contributed by atoms with Gasteiger partial charge in [-0.3, -0.25) is 4.79 Å². The van der Waals surface area contributed by atoms with E-state index in [1.165, 1.54) is 12.3 Å². The summed E-state index contributed by atoms with van der Waals surface area (Å²) in [7, 11) is 0. The van der Waals surface area contributed by atoms with Gasteiger partial charge in [0.2, 0.25) is 5.43 Å². The summed E-state index contributed by atoms with van der Waals surface area (Å²) in [6, 6.07) is 13.5. The van der Waals surface area contributed by atoms with Crippen LogP contribution in [0.2, 0.25) is 0 Å². The molecule has 0 fully saturated rings. The van der Waals surface area contributed by atoms with E-state index in [1.54, 1.807) is 10.6 Å². The molecular formula is C20H10FNO4. The molecule has 1 N–H and O–H groups in total. The Hall–Kier alpha value is -3.67. The van der Waals surface area contributed by atoms with Crippen LogP contribution in [0.25, 0.3) is 27.4 Å². The summed E-state index contributed by atoms with van der Waals surface area (Å²) in [5, 5.41) is 11.2. The number of aromatic nitrogens is 1. The zero-order chi connectivity index (χ0) is 18.0. The van der Waals surface area contributed by atoms with Gasteiger partial charge < -0.3 is 14.4 Å². The van der Waals surface area contributed by atoms with Gasteiger partial charge in [0.15, 0.2) is 17.3 Å². The first-order valence-electron chi connectivity index (χ1n) is 7.87. The number of hydrogen-bond acceptors (Lipinski definition) is 3. The number of nitrogens with zero attached hydrogens (tertiary/aromatic N) is 1. The molecule has 5 rings (SSSR count). The Balaban J connectivity index is 2.06. The third-order valence-corrected chi connectivity index (χ3v) is 4.62. The summed E-state index contributed by atoms with van der Waals surface area (Å²) in [5.41, 5.74) is -0.245. The topological polar surface area (TPSA) is 68.5 Å². The Kier molecular flexibility index (Phi) is 2.77. The van der Waals surface area contributed by atoms with Crippen molar-refractivity contribution in [2.75, 3.05) is 0 Å². The van der Waals surface area contributed by atoms with E-state index in [9.17, 15) is 19.1 Å². The third kappa shape index (κ3) is 1.78. The van der Waals surface area contributed by atoms with Gasteiger partial charge in [0.1, 0.15) is 11.1 Å². The van der Waals surface area contributed by atoms with Crippen LogP contribution in [0.4, 0.5) is 4.39 Å². The van der Waals surface area contributed by atoms with E-state index >= 15 is 0 Å². The van der Waals surface area contributed by atoms with Crippen LogP contribution in [0, 0.1) is 5.82 Å². The Morgan fingerprint density at radius 1 is 1.04 bits per heavy atom. The molecule has 6 heteroatoms. The molecule has 0 radical (unpaired) electrons. The van der Waals surface area contributed by atoms with Crippen molar-refractivity contribution in [3.8, 4) is 17.2 Å². The van der Waals surface area contributed by atoms with Crippen LogP contribution in [0.15, 0.2) is 59.5 Å². The molecule has 0 saturated heterocycles.